The zero-order valence-electron chi connectivity index (χ0n) is 10.1. The van der Waals surface area contributed by atoms with Crippen molar-refractivity contribution in [1.29, 1.82) is 0 Å². The highest BCUT2D eigenvalue weighted by molar-refractivity contribution is 5.75. The van der Waals surface area contributed by atoms with E-state index in [1.807, 2.05) is 0 Å². The van der Waals surface area contributed by atoms with Gasteiger partial charge in [0, 0.05) is 12.5 Å². The second kappa shape index (κ2) is 4.63. The van der Waals surface area contributed by atoms with Crippen LogP contribution in [0.15, 0.2) is 30.3 Å². The highest BCUT2D eigenvalue weighted by Crippen LogP contribution is 2.20. The molecule has 1 heterocycles. The molecule has 102 valence electrons. The van der Waals surface area contributed by atoms with Crippen molar-refractivity contribution >= 4 is 11.0 Å². The van der Waals surface area contributed by atoms with E-state index in [9.17, 15) is 17.6 Å². The average molecular weight is 280 g/mol. The Labute approximate surface area is 111 Å². The number of nitrogens with one attached hydrogen (secondary N) is 1. The summed E-state index contributed by atoms with van der Waals surface area (Å²) in [5.41, 5.74) is 0.234. The summed E-state index contributed by atoms with van der Waals surface area (Å²) in [7, 11) is 0. The third-order valence-electron chi connectivity index (χ3n) is 2.94. The Balaban J connectivity index is 2.03. The van der Waals surface area contributed by atoms with Gasteiger partial charge in [-0.05, 0) is 17.7 Å². The molecular weight excluding hydrogens is 272 g/mol. The van der Waals surface area contributed by atoms with Crippen LogP contribution in [0.25, 0.3) is 11.0 Å². The molecule has 0 fully saturated rings. The molecule has 0 amide bonds. The van der Waals surface area contributed by atoms with Gasteiger partial charge < -0.3 is 4.98 Å². The number of fused-ring (bicyclic) bond motifs is 1. The van der Waals surface area contributed by atoms with E-state index in [1.54, 1.807) is 0 Å². The van der Waals surface area contributed by atoms with Crippen LogP contribution in [0.1, 0.15) is 11.4 Å². The first-order valence-corrected chi connectivity index (χ1v) is 5.81. The molecule has 2 aromatic carbocycles. The Morgan fingerprint density at radius 1 is 1.00 bits per heavy atom. The number of H-pyrrole nitrogens is 1. The number of halogens is 4. The molecular formula is C14H8F4N2. The number of nitrogens with zero attached hydrogens (tertiary/aromatic N) is 1. The number of hydrogen-bond acceptors (Lipinski definition) is 1. The maximum atomic E-state index is 13.5. The van der Waals surface area contributed by atoms with Crippen LogP contribution >= 0.6 is 0 Å². The molecule has 2 nitrogen and oxygen atoms in total. The minimum absolute atomic E-state index is 0.0294. The average Bonchev–Trinajstić information content (AvgIpc) is 2.78. The van der Waals surface area contributed by atoms with Gasteiger partial charge in [0.15, 0.2) is 17.5 Å². The Hall–Kier alpha value is -2.37. The molecule has 0 aliphatic rings. The van der Waals surface area contributed by atoms with E-state index in [4.69, 9.17) is 0 Å². The van der Waals surface area contributed by atoms with Crippen molar-refractivity contribution in [3.63, 3.8) is 0 Å². The van der Waals surface area contributed by atoms with Gasteiger partial charge in [0.05, 0.1) is 5.52 Å². The van der Waals surface area contributed by atoms with Crippen molar-refractivity contribution in [3.8, 4) is 0 Å². The summed E-state index contributed by atoms with van der Waals surface area (Å²) < 4.78 is 53.2. The van der Waals surface area contributed by atoms with E-state index in [0.29, 0.717) is 0 Å². The Kier molecular flexibility index (Phi) is 2.93. The van der Waals surface area contributed by atoms with Crippen molar-refractivity contribution in [1.82, 2.24) is 9.97 Å². The molecule has 0 spiro atoms. The van der Waals surface area contributed by atoms with E-state index in [1.165, 1.54) is 12.1 Å². The van der Waals surface area contributed by atoms with Gasteiger partial charge in [0.2, 0.25) is 0 Å². The monoisotopic (exact) mass is 280 g/mol. The Bertz CT molecular complexity index is 795. The second-order valence-electron chi connectivity index (χ2n) is 4.36. The van der Waals surface area contributed by atoms with Crippen molar-refractivity contribution < 1.29 is 17.6 Å². The molecule has 0 saturated carbocycles. The summed E-state index contributed by atoms with van der Waals surface area (Å²) >= 11 is 0. The second-order valence-corrected chi connectivity index (χ2v) is 4.36. The third kappa shape index (κ3) is 2.13. The molecule has 6 heteroatoms. The molecule has 0 radical (unpaired) electrons. The number of benzene rings is 2. The summed E-state index contributed by atoms with van der Waals surface area (Å²) in [5, 5.41) is 0. The van der Waals surface area contributed by atoms with Gasteiger partial charge in [-0.1, -0.05) is 12.1 Å². The smallest absolute Gasteiger partial charge is 0.162 e. The number of imidazole rings is 1. The first kappa shape index (κ1) is 12.7. The number of hydrogen-bond donors (Lipinski definition) is 1. The fourth-order valence-corrected chi connectivity index (χ4v) is 2.04. The van der Waals surface area contributed by atoms with Crippen molar-refractivity contribution in [2.75, 3.05) is 0 Å². The summed E-state index contributed by atoms with van der Waals surface area (Å²) in [4.78, 5) is 6.63. The lowest BCUT2D eigenvalue weighted by atomic mass is 10.1. The van der Waals surface area contributed by atoms with Gasteiger partial charge >= 0.3 is 0 Å². The zero-order valence-corrected chi connectivity index (χ0v) is 10.1. The standard InChI is InChI=1S/C14H8F4N2/c15-8-5-10(17)14-11(6-8)19-12(20-14)4-7-2-1-3-9(16)13(7)18/h1-3,5-6H,4H2,(H,19,20). The number of rotatable bonds is 2. The molecule has 20 heavy (non-hydrogen) atoms. The molecule has 0 aliphatic carbocycles. The highest BCUT2D eigenvalue weighted by atomic mass is 19.2. The lowest BCUT2D eigenvalue weighted by Crippen LogP contribution is -1.97. The number of aromatic nitrogens is 2. The van der Waals surface area contributed by atoms with E-state index >= 15 is 0 Å². The van der Waals surface area contributed by atoms with Gasteiger partial charge in [-0.3, -0.25) is 0 Å². The van der Waals surface area contributed by atoms with Crippen LogP contribution in [0.5, 0.6) is 0 Å². The number of aromatic amines is 1. The van der Waals surface area contributed by atoms with Crippen LogP contribution in [0.2, 0.25) is 0 Å². The summed E-state index contributed by atoms with van der Waals surface area (Å²) in [6.07, 6.45) is -0.0423. The SMILES string of the molecule is Fc1cc(F)c2nc(Cc3cccc(F)c3F)[nH]c2c1. The summed E-state index contributed by atoms with van der Waals surface area (Å²) in [5.74, 6) is -3.24. The van der Waals surface area contributed by atoms with Crippen molar-refractivity contribution in [3.05, 3.63) is 65.0 Å². The molecule has 0 unspecified atom stereocenters. The van der Waals surface area contributed by atoms with Crippen molar-refractivity contribution in [2.45, 2.75) is 6.42 Å². The molecule has 0 atom stereocenters. The Morgan fingerprint density at radius 3 is 2.60 bits per heavy atom. The van der Waals surface area contributed by atoms with E-state index in [-0.39, 0.29) is 28.8 Å². The van der Waals surface area contributed by atoms with E-state index in [2.05, 4.69) is 9.97 Å². The largest absolute Gasteiger partial charge is 0.342 e. The highest BCUT2D eigenvalue weighted by Gasteiger charge is 2.13. The maximum absolute atomic E-state index is 13.5. The normalized spacial score (nSPS) is 11.2. The van der Waals surface area contributed by atoms with Gasteiger partial charge in [-0.25, -0.2) is 22.5 Å². The lowest BCUT2D eigenvalue weighted by Gasteiger charge is -2.01. The summed E-state index contributed by atoms with van der Waals surface area (Å²) in [6.45, 7) is 0. The van der Waals surface area contributed by atoms with E-state index < -0.39 is 23.3 Å². The van der Waals surface area contributed by atoms with Crippen LogP contribution in [0.4, 0.5) is 17.6 Å². The lowest BCUT2D eigenvalue weighted by molar-refractivity contribution is 0.500. The van der Waals surface area contributed by atoms with Gasteiger partial charge in [-0.2, -0.15) is 0 Å². The topological polar surface area (TPSA) is 28.7 Å². The molecule has 1 aromatic heterocycles. The molecule has 0 bridgehead atoms. The van der Waals surface area contributed by atoms with E-state index in [0.717, 1.165) is 18.2 Å². The molecule has 0 aliphatic heterocycles. The minimum Gasteiger partial charge on any atom is -0.342 e. The van der Waals surface area contributed by atoms with Crippen LogP contribution < -0.4 is 0 Å². The fraction of sp³-hybridized carbons (Fsp3) is 0.0714. The first-order valence-electron chi connectivity index (χ1n) is 5.81. The fourth-order valence-electron chi connectivity index (χ4n) is 2.04. The van der Waals surface area contributed by atoms with Crippen LogP contribution in [0, 0.1) is 23.3 Å². The first-order chi connectivity index (χ1) is 9.54. The minimum atomic E-state index is -0.973. The van der Waals surface area contributed by atoms with Crippen LogP contribution in [-0.2, 0) is 6.42 Å². The van der Waals surface area contributed by atoms with Gasteiger partial charge in [-0.15, -0.1) is 0 Å². The third-order valence-corrected chi connectivity index (χ3v) is 2.94. The van der Waals surface area contributed by atoms with Crippen molar-refractivity contribution in [2.24, 2.45) is 0 Å². The Morgan fingerprint density at radius 2 is 1.80 bits per heavy atom. The molecule has 1 N–H and O–H groups in total. The predicted molar refractivity (Wildman–Crippen MR) is 65.2 cm³/mol. The predicted octanol–water partition coefficient (Wildman–Crippen LogP) is 3.71. The molecule has 3 rings (SSSR count). The van der Waals surface area contributed by atoms with Gasteiger partial charge in [0.1, 0.15) is 17.2 Å². The summed E-state index contributed by atoms with van der Waals surface area (Å²) in [6, 6.07) is 5.60. The van der Waals surface area contributed by atoms with Crippen LogP contribution in [0.3, 0.4) is 0 Å². The van der Waals surface area contributed by atoms with Crippen LogP contribution in [-0.4, -0.2) is 9.97 Å². The maximum Gasteiger partial charge on any atom is 0.162 e. The van der Waals surface area contributed by atoms with Gasteiger partial charge in [0.25, 0.3) is 0 Å². The quantitative estimate of drug-likeness (QED) is 0.712. The molecule has 3 aromatic rings. The molecule has 0 saturated heterocycles. The zero-order chi connectivity index (χ0) is 14.3.